The fraction of sp³-hybridized carbons (Fsp3) is 0.323. The van der Waals surface area contributed by atoms with Crippen molar-refractivity contribution in [3.05, 3.63) is 84.1 Å². The third-order valence-electron chi connectivity index (χ3n) is 6.45. The van der Waals surface area contributed by atoms with Crippen LogP contribution in [0.25, 0.3) is 16.5 Å². The minimum atomic E-state index is -0.347. The largest absolute Gasteiger partial charge is 0.385 e. The quantitative estimate of drug-likeness (QED) is 0.256. The van der Waals surface area contributed by atoms with Crippen LogP contribution in [0.4, 0.5) is 16.3 Å². The minimum absolute atomic E-state index is 0.121. The van der Waals surface area contributed by atoms with Gasteiger partial charge >= 0.3 is 6.03 Å². The number of anilines is 2. The van der Waals surface area contributed by atoms with Gasteiger partial charge in [0.05, 0.1) is 17.1 Å². The van der Waals surface area contributed by atoms with Crippen LogP contribution in [0.2, 0.25) is 0 Å². The summed E-state index contributed by atoms with van der Waals surface area (Å²) in [6.45, 7) is 8.99. The molecule has 1 aromatic heterocycles. The first kappa shape index (κ1) is 27.9. The Balaban J connectivity index is 1.55. The van der Waals surface area contributed by atoms with Crippen LogP contribution in [0.3, 0.4) is 0 Å². The molecule has 0 saturated heterocycles. The summed E-state index contributed by atoms with van der Waals surface area (Å²) >= 11 is 0. The van der Waals surface area contributed by atoms with E-state index in [4.69, 9.17) is 9.84 Å². The van der Waals surface area contributed by atoms with Gasteiger partial charge in [-0.2, -0.15) is 5.10 Å². The number of aryl methyl sites for hydroxylation is 1. The Labute approximate surface area is 230 Å². The van der Waals surface area contributed by atoms with Crippen molar-refractivity contribution < 1.29 is 14.3 Å². The van der Waals surface area contributed by atoms with E-state index in [9.17, 15) is 9.59 Å². The van der Waals surface area contributed by atoms with Crippen LogP contribution in [0.5, 0.6) is 0 Å². The smallest absolute Gasteiger partial charge is 0.322 e. The maximum atomic E-state index is 13.4. The number of amides is 3. The summed E-state index contributed by atoms with van der Waals surface area (Å²) < 4.78 is 6.93. The van der Waals surface area contributed by atoms with Crippen LogP contribution in [0.15, 0.2) is 72.8 Å². The zero-order chi connectivity index (χ0) is 28.0. The first-order valence-electron chi connectivity index (χ1n) is 13.2. The van der Waals surface area contributed by atoms with E-state index >= 15 is 0 Å². The first-order valence-corrected chi connectivity index (χ1v) is 13.2. The van der Waals surface area contributed by atoms with Gasteiger partial charge in [0, 0.05) is 37.1 Å². The Morgan fingerprint density at radius 3 is 2.41 bits per heavy atom. The van der Waals surface area contributed by atoms with Crippen molar-refractivity contribution in [2.75, 3.05) is 37.4 Å². The number of rotatable bonds is 9. The number of aromatic nitrogens is 2. The predicted molar refractivity (Wildman–Crippen MR) is 157 cm³/mol. The minimum Gasteiger partial charge on any atom is -0.385 e. The standard InChI is InChI=1S/C31H37N5O3/c1-22-14-16-24(17-15-22)36-28(20-27(34-36)31(2,3)4)33-29(37)21-35(18-9-19-39-5)30(38)32-26-13-8-11-23-10-6-7-12-25(23)26/h6-8,10-17,20H,9,18-19,21H2,1-5H3,(H,32,38)(H,33,37). The maximum absolute atomic E-state index is 13.4. The van der Waals surface area contributed by atoms with Gasteiger partial charge in [0.2, 0.25) is 5.91 Å². The van der Waals surface area contributed by atoms with Crippen LogP contribution in [-0.2, 0) is 14.9 Å². The van der Waals surface area contributed by atoms with E-state index in [2.05, 4.69) is 31.4 Å². The summed E-state index contributed by atoms with van der Waals surface area (Å²) in [7, 11) is 1.62. The molecule has 0 fully saturated rings. The molecule has 1 heterocycles. The molecule has 8 nitrogen and oxygen atoms in total. The number of hydrogen-bond acceptors (Lipinski definition) is 4. The van der Waals surface area contributed by atoms with Gasteiger partial charge < -0.3 is 20.3 Å². The molecule has 4 aromatic rings. The molecule has 3 amide bonds. The van der Waals surface area contributed by atoms with Crippen LogP contribution in [0.1, 0.15) is 38.4 Å². The fourth-order valence-electron chi connectivity index (χ4n) is 4.26. The summed E-state index contributed by atoms with van der Waals surface area (Å²) in [6.07, 6.45) is 0.599. The molecular weight excluding hydrogens is 490 g/mol. The maximum Gasteiger partial charge on any atom is 0.322 e. The number of carbonyl (C=O) groups is 2. The Bertz CT molecular complexity index is 1430. The van der Waals surface area contributed by atoms with Gasteiger partial charge in [-0.25, -0.2) is 9.48 Å². The number of hydrogen-bond donors (Lipinski definition) is 2. The second-order valence-corrected chi connectivity index (χ2v) is 10.7. The van der Waals surface area contributed by atoms with Gasteiger partial charge in [-0.3, -0.25) is 4.79 Å². The first-order chi connectivity index (χ1) is 18.7. The summed E-state index contributed by atoms with van der Waals surface area (Å²) in [6, 6.07) is 23.1. The number of nitrogens with zero attached hydrogens (tertiary/aromatic N) is 3. The van der Waals surface area contributed by atoms with Crippen molar-refractivity contribution in [3.63, 3.8) is 0 Å². The lowest BCUT2D eigenvalue weighted by Gasteiger charge is -2.23. The van der Waals surface area contributed by atoms with E-state index in [1.54, 1.807) is 11.8 Å². The molecule has 4 rings (SSSR count). The summed E-state index contributed by atoms with van der Waals surface area (Å²) in [5, 5.41) is 12.7. The highest BCUT2D eigenvalue weighted by Gasteiger charge is 2.23. The number of carbonyl (C=O) groups excluding carboxylic acids is 2. The third-order valence-corrected chi connectivity index (χ3v) is 6.45. The van der Waals surface area contributed by atoms with E-state index in [0.717, 1.165) is 27.7 Å². The SMILES string of the molecule is COCCCN(CC(=O)Nc1cc(C(C)(C)C)nn1-c1ccc(C)cc1)C(=O)Nc1cccc2ccccc12. The van der Waals surface area contributed by atoms with Crippen molar-refractivity contribution >= 4 is 34.2 Å². The molecule has 204 valence electrons. The fourth-order valence-corrected chi connectivity index (χ4v) is 4.26. The van der Waals surface area contributed by atoms with Crippen molar-refractivity contribution in [1.82, 2.24) is 14.7 Å². The van der Waals surface area contributed by atoms with E-state index in [0.29, 0.717) is 31.1 Å². The highest BCUT2D eigenvalue weighted by atomic mass is 16.5. The molecule has 0 radical (unpaired) electrons. The Hall–Kier alpha value is -4.17. The van der Waals surface area contributed by atoms with Crippen LogP contribution >= 0.6 is 0 Å². The lowest BCUT2D eigenvalue weighted by atomic mass is 9.92. The number of nitrogens with one attached hydrogen (secondary N) is 2. The molecule has 0 aliphatic carbocycles. The lowest BCUT2D eigenvalue weighted by molar-refractivity contribution is -0.116. The summed E-state index contributed by atoms with van der Waals surface area (Å²) in [5.74, 6) is 0.245. The van der Waals surface area contributed by atoms with Gasteiger partial charge in [-0.05, 0) is 36.9 Å². The van der Waals surface area contributed by atoms with Crippen LogP contribution in [0, 0.1) is 6.92 Å². The Morgan fingerprint density at radius 1 is 0.974 bits per heavy atom. The normalized spacial score (nSPS) is 11.4. The van der Waals surface area contributed by atoms with Gasteiger partial charge in [-0.1, -0.05) is 74.9 Å². The topological polar surface area (TPSA) is 88.5 Å². The third kappa shape index (κ3) is 7.03. The lowest BCUT2D eigenvalue weighted by Crippen LogP contribution is -2.41. The zero-order valence-corrected chi connectivity index (χ0v) is 23.3. The summed E-state index contributed by atoms with van der Waals surface area (Å²) in [4.78, 5) is 28.2. The second kappa shape index (κ2) is 12.1. The molecule has 39 heavy (non-hydrogen) atoms. The number of benzene rings is 3. The average molecular weight is 528 g/mol. The number of urea groups is 1. The molecule has 8 heteroatoms. The van der Waals surface area contributed by atoms with Crippen LogP contribution in [-0.4, -0.2) is 53.4 Å². The van der Waals surface area contributed by atoms with Gasteiger partial charge in [0.25, 0.3) is 0 Å². The van der Waals surface area contributed by atoms with Crippen molar-refractivity contribution in [2.45, 2.75) is 39.5 Å². The van der Waals surface area contributed by atoms with Crippen molar-refractivity contribution in [3.8, 4) is 5.69 Å². The highest BCUT2D eigenvalue weighted by Crippen LogP contribution is 2.27. The van der Waals surface area contributed by atoms with E-state index in [1.165, 1.54) is 4.90 Å². The molecule has 0 atom stereocenters. The zero-order valence-electron chi connectivity index (χ0n) is 23.3. The molecule has 0 saturated carbocycles. The highest BCUT2D eigenvalue weighted by molar-refractivity contribution is 6.03. The number of ether oxygens (including phenoxy) is 1. The molecule has 3 aromatic carbocycles. The Morgan fingerprint density at radius 2 is 1.69 bits per heavy atom. The molecular formula is C31H37N5O3. The van der Waals surface area contributed by atoms with Crippen molar-refractivity contribution in [1.29, 1.82) is 0 Å². The molecule has 0 aliphatic rings. The van der Waals surface area contributed by atoms with Gasteiger partial charge in [-0.15, -0.1) is 0 Å². The molecule has 0 spiro atoms. The average Bonchev–Trinajstić information content (AvgIpc) is 3.33. The molecule has 2 N–H and O–H groups in total. The number of fused-ring (bicyclic) bond motifs is 1. The van der Waals surface area contributed by atoms with Gasteiger partial charge in [0.15, 0.2) is 0 Å². The van der Waals surface area contributed by atoms with E-state index in [1.807, 2.05) is 79.7 Å². The monoisotopic (exact) mass is 527 g/mol. The number of methoxy groups -OCH3 is 1. The van der Waals surface area contributed by atoms with Crippen molar-refractivity contribution in [2.24, 2.45) is 0 Å². The summed E-state index contributed by atoms with van der Waals surface area (Å²) in [5.41, 5.74) is 3.32. The van der Waals surface area contributed by atoms with E-state index < -0.39 is 0 Å². The van der Waals surface area contributed by atoms with Gasteiger partial charge in [0.1, 0.15) is 12.4 Å². The Kier molecular flexibility index (Phi) is 8.66. The molecule has 0 bridgehead atoms. The molecule has 0 unspecified atom stereocenters. The van der Waals surface area contributed by atoms with Crippen LogP contribution < -0.4 is 10.6 Å². The molecule has 0 aliphatic heterocycles. The second-order valence-electron chi connectivity index (χ2n) is 10.7. The predicted octanol–water partition coefficient (Wildman–Crippen LogP) is 6.14. The van der Waals surface area contributed by atoms with E-state index in [-0.39, 0.29) is 23.9 Å².